The fourth-order valence-electron chi connectivity index (χ4n) is 3.10. The van der Waals surface area contributed by atoms with E-state index in [-0.39, 0.29) is 11.5 Å². The summed E-state index contributed by atoms with van der Waals surface area (Å²) in [6, 6.07) is 10.9. The molecular weight excluding hydrogens is 357 g/mol. The predicted octanol–water partition coefficient (Wildman–Crippen LogP) is 3.89. The number of carbonyl (C=O) groups is 2. The van der Waals surface area contributed by atoms with Gasteiger partial charge in [-0.15, -0.1) is 0 Å². The molecule has 0 radical (unpaired) electrons. The van der Waals surface area contributed by atoms with E-state index in [0.29, 0.717) is 13.1 Å². The van der Waals surface area contributed by atoms with E-state index >= 15 is 0 Å². The molecule has 2 amide bonds. The van der Waals surface area contributed by atoms with Gasteiger partial charge in [0.25, 0.3) is 5.91 Å². The number of alkyl halides is 3. The number of aryl methyl sites for hydroxylation is 1. The molecule has 1 aliphatic heterocycles. The second kappa shape index (κ2) is 7.06. The van der Waals surface area contributed by atoms with Crippen LogP contribution in [0.15, 0.2) is 48.5 Å². The van der Waals surface area contributed by atoms with Gasteiger partial charge in [-0.2, -0.15) is 13.2 Å². The Hall–Kier alpha value is -2.83. The van der Waals surface area contributed by atoms with Crippen molar-refractivity contribution in [1.29, 1.82) is 0 Å². The number of hydrogen-bond donors (Lipinski definition) is 0. The van der Waals surface area contributed by atoms with Crippen molar-refractivity contribution in [2.75, 3.05) is 18.0 Å². The maximum absolute atomic E-state index is 12.7. The van der Waals surface area contributed by atoms with Crippen LogP contribution in [0, 0.1) is 6.92 Å². The minimum Gasteiger partial charge on any atom is -0.325 e. The zero-order valence-corrected chi connectivity index (χ0v) is 15.0. The van der Waals surface area contributed by atoms with Gasteiger partial charge in [0, 0.05) is 24.3 Å². The minimum atomic E-state index is -4.45. The lowest BCUT2D eigenvalue weighted by Crippen LogP contribution is -2.57. The van der Waals surface area contributed by atoms with Crippen LogP contribution >= 0.6 is 0 Å². The van der Waals surface area contributed by atoms with E-state index in [1.807, 2.05) is 31.2 Å². The molecule has 7 heteroatoms. The Labute approximate surface area is 155 Å². The van der Waals surface area contributed by atoms with Gasteiger partial charge in [-0.25, -0.2) is 0 Å². The van der Waals surface area contributed by atoms with Crippen LogP contribution in [0.2, 0.25) is 0 Å². The van der Waals surface area contributed by atoms with E-state index in [4.69, 9.17) is 0 Å². The molecule has 0 aliphatic carbocycles. The van der Waals surface area contributed by atoms with E-state index < -0.39 is 23.7 Å². The Morgan fingerprint density at radius 2 is 1.59 bits per heavy atom. The van der Waals surface area contributed by atoms with Gasteiger partial charge in [-0.05, 0) is 50.2 Å². The zero-order chi connectivity index (χ0) is 19.8. The topological polar surface area (TPSA) is 40.6 Å². The molecule has 1 saturated heterocycles. The van der Waals surface area contributed by atoms with Crippen molar-refractivity contribution in [3.8, 4) is 0 Å². The Balaban J connectivity index is 1.76. The standard InChI is InChI=1S/C20H19F3N2O2/c1-13-3-9-17(10-4-13)25-12-11-24(14(2)18(25)26)19(27)15-5-7-16(8-6-15)20(21,22)23/h3-10,14H,11-12H2,1-2H3/t14-/m0/s1. The number of piperazine rings is 1. The molecule has 1 fully saturated rings. The summed E-state index contributed by atoms with van der Waals surface area (Å²) in [5.74, 6) is -0.668. The van der Waals surface area contributed by atoms with Crippen molar-refractivity contribution < 1.29 is 22.8 Å². The van der Waals surface area contributed by atoms with Crippen LogP contribution in [0.3, 0.4) is 0 Å². The van der Waals surface area contributed by atoms with Crippen LogP contribution in [0.5, 0.6) is 0 Å². The number of carbonyl (C=O) groups excluding carboxylic acids is 2. The van der Waals surface area contributed by atoms with Crippen LogP contribution in [-0.4, -0.2) is 35.8 Å². The number of anilines is 1. The van der Waals surface area contributed by atoms with Crippen LogP contribution in [0.25, 0.3) is 0 Å². The summed E-state index contributed by atoms with van der Waals surface area (Å²) < 4.78 is 38.0. The molecule has 4 nitrogen and oxygen atoms in total. The lowest BCUT2D eigenvalue weighted by molar-refractivity contribution is -0.137. The third-order valence-corrected chi connectivity index (χ3v) is 4.72. The highest BCUT2D eigenvalue weighted by atomic mass is 19.4. The first kappa shape index (κ1) is 18.9. The fraction of sp³-hybridized carbons (Fsp3) is 0.300. The number of amides is 2. The molecule has 0 saturated carbocycles. The molecule has 0 aromatic heterocycles. The third kappa shape index (κ3) is 3.82. The molecule has 1 heterocycles. The molecule has 0 spiro atoms. The van der Waals surface area contributed by atoms with Gasteiger partial charge < -0.3 is 9.80 Å². The largest absolute Gasteiger partial charge is 0.416 e. The lowest BCUT2D eigenvalue weighted by Gasteiger charge is -2.39. The molecular formula is C20H19F3N2O2. The van der Waals surface area contributed by atoms with Crippen molar-refractivity contribution in [3.63, 3.8) is 0 Å². The van der Waals surface area contributed by atoms with Crippen LogP contribution in [0.1, 0.15) is 28.4 Å². The molecule has 2 aromatic carbocycles. The average molecular weight is 376 g/mol. The highest BCUT2D eigenvalue weighted by Crippen LogP contribution is 2.29. The quantitative estimate of drug-likeness (QED) is 0.798. The van der Waals surface area contributed by atoms with Crippen LogP contribution in [0.4, 0.5) is 18.9 Å². The lowest BCUT2D eigenvalue weighted by atomic mass is 10.1. The summed E-state index contributed by atoms with van der Waals surface area (Å²) in [5, 5.41) is 0. The summed E-state index contributed by atoms with van der Waals surface area (Å²) in [5.41, 5.74) is 1.16. The van der Waals surface area contributed by atoms with Crippen molar-refractivity contribution in [1.82, 2.24) is 4.90 Å². The van der Waals surface area contributed by atoms with Gasteiger partial charge in [-0.3, -0.25) is 9.59 Å². The fourth-order valence-corrected chi connectivity index (χ4v) is 3.10. The third-order valence-electron chi connectivity index (χ3n) is 4.72. The molecule has 0 N–H and O–H groups in total. The first-order chi connectivity index (χ1) is 12.7. The van der Waals surface area contributed by atoms with E-state index in [2.05, 4.69) is 0 Å². The first-order valence-corrected chi connectivity index (χ1v) is 8.55. The second-order valence-corrected chi connectivity index (χ2v) is 6.58. The van der Waals surface area contributed by atoms with E-state index in [1.54, 1.807) is 11.8 Å². The van der Waals surface area contributed by atoms with Crippen molar-refractivity contribution >= 4 is 17.5 Å². The molecule has 1 aliphatic rings. The Morgan fingerprint density at radius 3 is 2.15 bits per heavy atom. The Kier molecular flexibility index (Phi) is 4.95. The number of nitrogens with zero attached hydrogens (tertiary/aromatic N) is 2. The van der Waals surface area contributed by atoms with Gasteiger partial charge in [0.2, 0.25) is 5.91 Å². The van der Waals surface area contributed by atoms with Gasteiger partial charge in [0.1, 0.15) is 6.04 Å². The molecule has 142 valence electrons. The number of benzene rings is 2. The normalized spacial score (nSPS) is 18.0. The smallest absolute Gasteiger partial charge is 0.325 e. The minimum absolute atomic E-state index is 0.131. The number of halogens is 3. The molecule has 0 bridgehead atoms. The zero-order valence-electron chi connectivity index (χ0n) is 15.0. The maximum Gasteiger partial charge on any atom is 0.416 e. The summed E-state index contributed by atoms with van der Waals surface area (Å²) in [4.78, 5) is 28.4. The van der Waals surface area contributed by atoms with E-state index in [0.717, 1.165) is 35.5 Å². The number of rotatable bonds is 2. The number of hydrogen-bond acceptors (Lipinski definition) is 2. The Morgan fingerprint density at radius 1 is 1.00 bits per heavy atom. The SMILES string of the molecule is Cc1ccc(N2CCN(C(=O)c3ccc(C(F)(F)F)cc3)[C@@H](C)C2=O)cc1. The van der Waals surface area contributed by atoms with Gasteiger partial charge >= 0.3 is 6.18 Å². The molecule has 3 rings (SSSR count). The summed E-state index contributed by atoms with van der Waals surface area (Å²) in [6.45, 7) is 4.22. The van der Waals surface area contributed by atoms with Crippen molar-refractivity contribution in [2.24, 2.45) is 0 Å². The highest BCUT2D eigenvalue weighted by molar-refractivity contribution is 6.03. The summed E-state index contributed by atoms with van der Waals surface area (Å²) in [6.07, 6.45) is -4.45. The van der Waals surface area contributed by atoms with Crippen LogP contribution < -0.4 is 4.90 Å². The van der Waals surface area contributed by atoms with Crippen LogP contribution in [-0.2, 0) is 11.0 Å². The van der Waals surface area contributed by atoms with Crippen molar-refractivity contribution in [2.45, 2.75) is 26.1 Å². The second-order valence-electron chi connectivity index (χ2n) is 6.58. The predicted molar refractivity (Wildman–Crippen MR) is 95.5 cm³/mol. The van der Waals surface area contributed by atoms with Gasteiger partial charge in [0.05, 0.1) is 5.56 Å². The molecule has 27 heavy (non-hydrogen) atoms. The average Bonchev–Trinajstić information content (AvgIpc) is 2.64. The Bertz CT molecular complexity index is 845. The van der Waals surface area contributed by atoms with Crippen molar-refractivity contribution in [3.05, 3.63) is 65.2 Å². The summed E-state index contributed by atoms with van der Waals surface area (Å²) >= 11 is 0. The molecule has 1 atom stereocenters. The highest BCUT2D eigenvalue weighted by Gasteiger charge is 2.36. The monoisotopic (exact) mass is 376 g/mol. The first-order valence-electron chi connectivity index (χ1n) is 8.55. The van der Waals surface area contributed by atoms with E-state index in [1.165, 1.54) is 4.90 Å². The molecule has 0 unspecified atom stereocenters. The maximum atomic E-state index is 12.7. The summed E-state index contributed by atoms with van der Waals surface area (Å²) in [7, 11) is 0. The van der Waals surface area contributed by atoms with Gasteiger partial charge in [-0.1, -0.05) is 17.7 Å². The molecule has 2 aromatic rings. The van der Waals surface area contributed by atoms with E-state index in [9.17, 15) is 22.8 Å². The van der Waals surface area contributed by atoms with Gasteiger partial charge in [0.15, 0.2) is 0 Å².